The van der Waals surface area contributed by atoms with Gasteiger partial charge in [0.1, 0.15) is 0 Å². The molecule has 2 heterocycles. The van der Waals surface area contributed by atoms with Crippen molar-refractivity contribution in [1.82, 2.24) is 14.8 Å². The van der Waals surface area contributed by atoms with Crippen LogP contribution in [0.3, 0.4) is 0 Å². The van der Waals surface area contributed by atoms with Crippen molar-refractivity contribution in [2.75, 3.05) is 25.3 Å². The lowest BCUT2D eigenvalue weighted by molar-refractivity contribution is -0.113. The number of hydrogen-bond acceptors (Lipinski definition) is 9. The summed E-state index contributed by atoms with van der Waals surface area (Å²) in [5.41, 5.74) is 0.524. The third-order valence-corrected chi connectivity index (χ3v) is 5.85. The number of anilines is 1. The van der Waals surface area contributed by atoms with Gasteiger partial charge in [0.25, 0.3) is 0 Å². The molecule has 3 aromatic rings. The van der Waals surface area contributed by atoms with Crippen molar-refractivity contribution in [3.8, 4) is 10.7 Å². The van der Waals surface area contributed by atoms with Crippen LogP contribution in [0.25, 0.3) is 10.7 Å². The molecule has 1 N–H and O–H groups in total. The molecule has 0 bridgehead atoms. The number of hydrogen-bond donors (Lipinski definition) is 1. The van der Waals surface area contributed by atoms with Crippen molar-refractivity contribution in [2.45, 2.75) is 5.16 Å². The molecule has 0 spiro atoms. The Hall–Kier alpha value is -3.18. The van der Waals surface area contributed by atoms with Gasteiger partial charge in [-0.2, -0.15) is 0 Å². The van der Waals surface area contributed by atoms with Gasteiger partial charge < -0.3 is 19.4 Å². The fourth-order valence-corrected chi connectivity index (χ4v) is 4.01. The van der Waals surface area contributed by atoms with E-state index in [9.17, 15) is 14.4 Å². The van der Waals surface area contributed by atoms with Crippen LogP contribution in [0.15, 0.2) is 40.9 Å². The van der Waals surface area contributed by atoms with Crippen LogP contribution in [0.4, 0.5) is 5.69 Å². The number of benzene rings is 1. The molecule has 0 aliphatic rings. The van der Waals surface area contributed by atoms with E-state index in [4.69, 9.17) is 9.47 Å². The number of carbonyl (C=O) groups excluding carboxylic acids is 3. The van der Waals surface area contributed by atoms with Crippen LogP contribution in [0.1, 0.15) is 20.7 Å². The molecule has 0 aliphatic heterocycles. The van der Waals surface area contributed by atoms with E-state index in [1.54, 1.807) is 11.3 Å². The van der Waals surface area contributed by atoms with E-state index in [-0.39, 0.29) is 28.5 Å². The third kappa shape index (κ3) is 4.86. The predicted molar refractivity (Wildman–Crippen MR) is 113 cm³/mol. The van der Waals surface area contributed by atoms with Gasteiger partial charge in [-0.05, 0) is 29.6 Å². The Balaban J connectivity index is 1.70. The molecule has 1 amide bonds. The van der Waals surface area contributed by atoms with Gasteiger partial charge >= 0.3 is 11.9 Å². The summed E-state index contributed by atoms with van der Waals surface area (Å²) in [5, 5.41) is 13.5. The van der Waals surface area contributed by atoms with Crippen LogP contribution in [0.2, 0.25) is 0 Å². The summed E-state index contributed by atoms with van der Waals surface area (Å²) in [6.45, 7) is 0. The molecule has 11 heteroatoms. The molecule has 0 fully saturated rings. The number of methoxy groups -OCH3 is 2. The van der Waals surface area contributed by atoms with Gasteiger partial charge in [0.2, 0.25) is 5.91 Å². The molecule has 3 rings (SSSR count). The van der Waals surface area contributed by atoms with Gasteiger partial charge in [0.15, 0.2) is 11.0 Å². The molecule has 30 heavy (non-hydrogen) atoms. The van der Waals surface area contributed by atoms with Gasteiger partial charge in [0.05, 0.1) is 36.0 Å². The molecular weight excluding hydrogens is 428 g/mol. The fourth-order valence-electron chi connectivity index (χ4n) is 2.56. The number of esters is 2. The van der Waals surface area contributed by atoms with E-state index >= 15 is 0 Å². The molecule has 0 atom stereocenters. The minimum absolute atomic E-state index is 0.0619. The number of carbonyl (C=O) groups is 3. The molecule has 0 saturated heterocycles. The van der Waals surface area contributed by atoms with Gasteiger partial charge in [0, 0.05) is 12.7 Å². The average Bonchev–Trinajstić information content (AvgIpc) is 3.40. The number of nitrogens with one attached hydrogen (secondary N) is 1. The standard InChI is InChI=1S/C19H18N4O5S2/c1-23-16(14-5-4-6-29-14)21-22-19(23)30-10-15(24)20-13-8-11(17(25)27-2)7-12(9-13)18(26)28-3/h4-9H,10H2,1-3H3,(H,20,24). The molecule has 9 nitrogen and oxygen atoms in total. The number of amides is 1. The Morgan fingerprint density at radius 1 is 1.10 bits per heavy atom. The average molecular weight is 447 g/mol. The second kappa shape index (κ2) is 9.55. The Morgan fingerprint density at radius 2 is 1.77 bits per heavy atom. The monoisotopic (exact) mass is 446 g/mol. The summed E-state index contributed by atoms with van der Waals surface area (Å²) in [5.74, 6) is -0.816. The van der Waals surface area contributed by atoms with E-state index in [1.807, 2.05) is 29.1 Å². The molecule has 156 valence electrons. The van der Waals surface area contributed by atoms with Gasteiger partial charge in [-0.3, -0.25) is 4.79 Å². The highest BCUT2D eigenvalue weighted by Gasteiger charge is 2.16. The maximum atomic E-state index is 12.4. The SMILES string of the molecule is COC(=O)c1cc(NC(=O)CSc2nnc(-c3cccs3)n2C)cc(C(=O)OC)c1. The largest absolute Gasteiger partial charge is 0.465 e. The lowest BCUT2D eigenvalue weighted by Crippen LogP contribution is -2.16. The van der Waals surface area contributed by atoms with E-state index < -0.39 is 11.9 Å². The van der Waals surface area contributed by atoms with Gasteiger partial charge in [-0.1, -0.05) is 17.8 Å². The number of rotatable bonds is 7. The summed E-state index contributed by atoms with van der Waals surface area (Å²) in [6, 6.07) is 8.08. The van der Waals surface area contributed by atoms with Crippen molar-refractivity contribution < 1.29 is 23.9 Å². The molecular formula is C19H18N4O5S2. The number of ether oxygens (including phenoxy) is 2. The maximum absolute atomic E-state index is 12.4. The van der Waals surface area contributed by atoms with E-state index in [0.29, 0.717) is 5.16 Å². The Bertz CT molecular complexity index is 1040. The van der Waals surface area contributed by atoms with E-state index in [2.05, 4.69) is 15.5 Å². The van der Waals surface area contributed by atoms with Gasteiger partial charge in [-0.15, -0.1) is 21.5 Å². The third-order valence-electron chi connectivity index (χ3n) is 3.97. The number of thioether (sulfide) groups is 1. The van der Waals surface area contributed by atoms with Crippen LogP contribution in [0, 0.1) is 0 Å². The van der Waals surface area contributed by atoms with E-state index in [0.717, 1.165) is 10.7 Å². The molecule has 0 saturated carbocycles. The first kappa shape index (κ1) is 21.5. The Kier molecular flexibility index (Phi) is 6.85. The summed E-state index contributed by atoms with van der Waals surface area (Å²) < 4.78 is 11.2. The summed E-state index contributed by atoms with van der Waals surface area (Å²) in [4.78, 5) is 37.1. The molecule has 0 aliphatic carbocycles. The van der Waals surface area contributed by atoms with Crippen LogP contribution >= 0.6 is 23.1 Å². The molecule has 0 radical (unpaired) electrons. The van der Waals surface area contributed by atoms with Crippen LogP contribution < -0.4 is 5.32 Å². The lowest BCUT2D eigenvalue weighted by Gasteiger charge is -2.09. The van der Waals surface area contributed by atoms with Crippen LogP contribution in [0.5, 0.6) is 0 Å². The Morgan fingerprint density at radius 3 is 2.33 bits per heavy atom. The topological polar surface area (TPSA) is 112 Å². The van der Waals surface area contributed by atoms with E-state index in [1.165, 1.54) is 44.2 Å². The van der Waals surface area contributed by atoms with Crippen molar-refractivity contribution >= 4 is 46.6 Å². The first-order chi connectivity index (χ1) is 14.4. The van der Waals surface area contributed by atoms with Crippen LogP contribution in [-0.4, -0.2) is 52.6 Å². The number of thiophene rings is 1. The number of aromatic nitrogens is 3. The lowest BCUT2D eigenvalue weighted by atomic mass is 10.1. The highest BCUT2D eigenvalue weighted by atomic mass is 32.2. The second-order valence-electron chi connectivity index (χ2n) is 5.96. The predicted octanol–water partition coefficient (Wildman–Crippen LogP) is 2.85. The zero-order chi connectivity index (χ0) is 21.7. The minimum atomic E-state index is -0.634. The van der Waals surface area contributed by atoms with Crippen molar-refractivity contribution in [3.63, 3.8) is 0 Å². The first-order valence-electron chi connectivity index (χ1n) is 8.60. The Labute approximate surface area is 180 Å². The van der Waals surface area contributed by atoms with Crippen molar-refractivity contribution in [1.29, 1.82) is 0 Å². The van der Waals surface area contributed by atoms with Crippen LogP contribution in [-0.2, 0) is 21.3 Å². The second-order valence-corrected chi connectivity index (χ2v) is 7.85. The quantitative estimate of drug-likeness (QED) is 0.435. The maximum Gasteiger partial charge on any atom is 0.337 e. The smallest absolute Gasteiger partial charge is 0.337 e. The molecule has 2 aromatic heterocycles. The fraction of sp³-hybridized carbons (Fsp3) is 0.211. The summed E-state index contributed by atoms with van der Waals surface area (Å²) in [6.07, 6.45) is 0. The van der Waals surface area contributed by atoms with Crippen molar-refractivity contribution in [2.24, 2.45) is 7.05 Å². The van der Waals surface area contributed by atoms with Crippen molar-refractivity contribution in [3.05, 3.63) is 46.8 Å². The highest BCUT2D eigenvalue weighted by molar-refractivity contribution is 7.99. The van der Waals surface area contributed by atoms with Gasteiger partial charge in [-0.25, -0.2) is 9.59 Å². The molecule has 1 aromatic carbocycles. The summed E-state index contributed by atoms with van der Waals surface area (Å²) >= 11 is 2.77. The first-order valence-corrected chi connectivity index (χ1v) is 10.5. The molecule has 0 unspecified atom stereocenters. The highest BCUT2D eigenvalue weighted by Crippen LogP contribution is 2.26. The zero-order valence-electron chi connectivity index (χ0n) is 16.4. The minimum Gasteiger partial charge on any atom is -0.465 e. The zero-order valence-corrected chi connectivity index (χ0v) is 18.0. The number of nitrogens with zero attached hydrogens (tertiary/aromatic N) is 3. The normalized spacial score (nSPS) is 10.5. The summed E-state index contributed by atoms with van der Waals surface area (Å²) in [7, 11) is 4.29.